The van der Waals surface area contributed by atoms with Gasteiger partial charge in [0.05, 0.1) is 6.20 Å². The zero-order valence-electron chi connectivity index (χ0n) is 11.3. The largest absolute Gasteiger partial charge is 0.333 e. The third-order valence-electron chi connectivity index (χ3n) is 2.92. The van der Waals surface area contributed by atoms with E-state index in [1.807, 2.05) is 30.3 Å². The first-order chi connectivity index (χ1) is 9.81. The summed E-state index contributed by atoms with van der Waals surface area (Å²) in [6, 6.07) is 9.88. The van der Waals surface area contributed by atoms with E-state index in [0.29, 0.717) is 25.3 Å². The van der Waals surface area contributed by atoms with Crippen LogP contribution in [0.5, 0.6) is 0 Å². The highest BCUT2D eigenvalue weighted by atomic mass is 16.2. The number of benzene rings is 1. The molecule has 1 aromatic carbocycles. The van der Waals surface area contributed by atoms with Crippen LogP contribution < -0.4 is 5.73 Å². The molecule has 0 aliphatic carbocycles. The van der Waals surface area contributed by atoms with Gasteiger partial charge in [-0.3, -0.25) is 9.78 Å². The average molecular weight is 270 g/mol. The van der Waals surface area contributed by atoms with Crippen LogP contribution in [0.2, 0.25) is 0 Å². The molecule has 2 rings (SSSR count). The summed E-state index contributed by atoms with van der Waals surface area (Å²) in [6.45, 7) is 1.72. The van der Waals surface area contributed by atoms with Gasteiger partial charge in [0, 0.05) is 25.5 Å². The van der Waals surface area contributed by atoms with Crippen LogP contribution in [0.4, 0.5) is 0 Å². The minimum Gasteiger partial charge on any atom is -0.333 e. The lowest BCUT2D eigenvalue weighted by atomic mass is 10.2. The summed E-state index contributed by atoms with van der Waals surface area (Å²) in [6.07, 6.45) is 5.33. The van der Waals surface area contributed by atoms with E-state index in [-0.39, 0.29) is 5.91 Å². The van der Waals surface area contributed by atoms with Crippen molar-refractivity contribution in [3.63, 3.8) is 0 Å². The quantitative estimate of drug-likeness (QED) is 0.862. The molecule has 2 N–H and O–H groups in total. The van der Waals surface area contributed by atoms with Crippen molar-refractivity contribution in [1.82, 2.24) is 14.9 Å². The van der Waals surface area contributed by atoms with Gasteiger partial charge in [-0.2, -0.15) is 0 Å². The molecule has 0 aliphatic rings. The lowest BCUT2D eigenvalue weighted by Gasteiger charge is -2.22. The van der Waals surface area contributed by atoms with E-state index >= 15 is 0 Å². The molecule has 5 heteroatoms. The Morgan fingerprint density at radius 1 is 1.20 bits per heavy atom. The molecule has 0 radical (unpaired) electrons. The van der Waals surface area contributed by atoms with Gasteiger partial charge in [0.25, 0.3) is 5.91 Å². The number of carbonyl (C=O) groups excluding carboxylic acids is 1. The number of hydrogen-bond donors (Lipinski definition) is 1. The molecule has 0 spiro atoms. The third-order valence-corrected chi connectivity index (χ3v) is 2.92. The van der Waals surface area contributed by atoms with Crippen molar-refractivity contribution in [2.24, 2.45) is 5.73 Å². The van der Waals surface area contributed by atoms with Crippen LogP contribution in [0, 0.1) is 0 Å². The van der Waals surface area contributed by atoms with Crippen LogP contribution in [0.25, 0.3) is 0 Å². The Labute approximate surface area is 118 Å². The van der Waals surface area contributed by atoms with E-state index in [9.17, 15) is 4.79 Å². The molecule has 1 aromatic heterocycles. The van der Waals surface area contributed by atoms with Crippen LogP contribution in [0.15, 0.2) is 48.9 Å². The fourth-order valence-corrected chi connectivity index (χ4v) is 1.91. The molecule has 1 heterocycles. The molecule has 0 fully saturated rings. The molecular formula is C15H18N4O. The Morgan fingerprint density at radius 2 is 2.00 bits per heavy atom. The van der Waals surface area contributed by atoms with Gasteiger partial charge in [0.1, 0.15) is 5.69 Å². The summed E-state index contributed by atoms with van der Waals surface area (Å²) < 4.78 is 0. The number of carbonyl (C=O) groups is 1. The number of nitrogens with zero attached hydrogens (tertiary/aromatic N) is 3. The molecule has 1 amide bonds. The smallest absolute Gasteiger partial charge is 0.274 e. The van der Waals surface area contributed by atoms with E-state index in [0.717, 1.165) is 12.0 Å². The summed E-state index contributed by atoms with van der Waals surface area (Å²) in [7, 11) is 0. The van der Waals surface area contributed by atoms with Crippen molar-refractivity contribution in [3.8, 4) is 0 Å². The number of rotatable bonds is 6. The minimum absolute atomic E-state index is 0.115. The van der Waals surface area contributed by atoms with Crippen LogP contribution >= 0.6 is 0 Å². The van der Waals surface area contributed by atoms with E-state index in [1.54, 1.807) is 11.1 Å². The molecule has 0 saturated heterocycles. The first-order valence-electron chi connectivity index (χ1n) is 6.60. The predicted octanol–water partition coefficient (Wildman–Crippen LogP) is 1.47. The minimum atomic E-state index is -0.115. The molecule has 104 valence electrons. The fraction of sp³-hybridized carbons (Fsp3) is 0.267. The number of amides is 1. The second-order valence-corrected chi connectivity index (χ2v) is 4.45. The molecule has 0 bridgehead atoms. The standard InChI is InChI=1S/C15H18N4O/c16-7-4-10-19(12-13-5-2-1-3-6-13)15(20)14-11-17-8-9-18-14/h1-3,5-6,8-9,11H,4,7,10,12,16H2. The number of nitrogens with two attached hydrogens (primary N) is 1. The normalized spacial score (nSPS) is 10.2. The van der Waals surface area contributed by atoms with Crippen LogP contribution in [-0.2, 0) is 6.54 Å². The Kier molecular flexibility index (Phi) is 5.20. The summed E-state index contributed by atoms with van der Waals surface area (Å²) in [5.41, 5.74) is 6.99. The van der Waals surface area contributed by atoms with Gasteiger partial charge in [0.2, 0.25) is 0 Å². The van der Waals surface area contributed by atoms with Crippen molar-refractivity contribution in [1.29, 1.82) is 0 Å². The number of aromatic nitrogens is 2. The molecular weight excluding hydrogens is 252 g/mol. The molecule has 5 nitrogen and oxygen atoms in total. The van der Waals surface area contributed by atoms with E-state index in [4.69, 9.17) is 5.73 Å². The fourth-order valence-electron chi connectivity index (χ4n) is 1.91. The van der Waals surface area contributed by atoms with E-state index < -0.39 is 0 Å². The average Bonchev–Trinajstić information content (AvgIpc) is 2.52. The first-order valence-corrected chi connectivity index (χ1v) is 6.60. The zero-order chi connectivity index (χ0) is 14.2. The maximum atomic E-state index is 12.4. The van der Waals surface area contributed by atoms with Gasteiger partial charge >= 0.3 is 0 Å². The lowest BCUT2D eigenvalue weighted by molar-refractivity contribution is 0.0736. The van der Waals surface area contributed by atoms with Crippen molar-refractivity contribution in [2.45, 2.75) is 13.0 Å². The van der Waals surface area contributed by atoms with Crippen LogP contribution in [-0.4, -0.2) is 33.9 Å². The lowest BCUT2D eigenvalue weighted by Crippen LogP contribution is -2.33. The Hall–Kier alpha value is -2.27. The van der Waals surface area contributed by atoms with Crippen molar-refractivity contribution in [2.75, 3.05) is 13.1 Å². The van der Waals surface area contributed by atoms with Gasteiger partial charge < -0.3 is 10.6 Å². The van der Waals surface area contributed by atoms with Crippen LogP contribution in [0.1, 0.15) is 22.5 Å². The van der Waals surface area contributed by atoms with Gasteiger partial charge in [-0.15, -0.1) is 0 Å². The van der Waals surface area contributed by atoms with Crippen molar-refractivity contribution in [3.05, 3.63) is 60.2 Å². The van der Waals surface area contributed by atoms with Crippen molar-refractivity contribution >= 4 is 5.91 Å². The predicted molar refractivity (Wildman–Crippen MR) is 76.9 cm³/mol. The maximum absolute atomic E-state index is 12.4. The Morgan fingerprint density at radius 3 is 2.65 bits per heavy atom. The molecule has 0 aliphatic heterocycles. The molecule has 0 saturated carbocycles. The summed E-state index contributed by atoms with van der Waals surface area (Å²) in [5, 5.41) is 0. The molecule has 0 atom stereocenters. The SMILES string of the molecule is NCCCN(Cc1ccccc1)C(=O)c1cnccn1. The maximum Gasteiger partial charge on any atom is 0.274 e. The first kappa shape index (κ1) is 14.1. The van der Waals surface area contributed by atoms with Crippen molar-refractivity contribution < 1.29 is 4.79 Å². The zero-order valence-corrected chi connectivity index (χ0v) is 11.3. The Balaban J connectivity index is 2.13. The topological polar surface area (TPSA) is 72.1 Å². The molecule has 2 aromatic rings. The van der Waals surface area contributed by atoms with Gasteiger partial charge in [-0.1, -0.05) is 30.3 Å². The Bertz CT molecular complexity index is 530. The highest BCUT2D eigenvalue weighted by molar-refractivity contribution is 5.91. The van der Waals surface area contributed by atoms with E-state index in [1.165, 1.54) is 12.4 Å². The molecule has 20 heavy (non-hydrogen) atoms. The molecule has 0 unspecified atom stereocenters. The van der Waals surface area contributed by atoms with Gasteiger partial charge in [-0.25, -0.2) is 4.98 Å². The van der Waals surface area contributed by atoms with Gasteiger partial charge in [-0.05, 0) is 18.5 Å². The highest BCUT2D eigenvalue weighted by Crippen LogP contribution is 2.08. The number of hydrogen-bond acceptors (Lipinski definition) is 4. The van der Waals surface area contributed by atoms with Crippen LogP contribution in [0.3, 0.4) is 0 Å². The third kappa shape index (κ3) is 3.86. The summed E-state index contributed by atoms with van der Waals surface area (Å²) in [4.78, 5) is 22.2. The summed E-state index contributed by atoms with van der Waals surface area (Å²) in [5.74, 6) is -0.115. The monoisotopic (exact) mass is 270 g/mol. The second kappa shape index (κ2) is 7.35. The van der Waals surface area contributed by atoms with Gasteiger partial charge in [0.15, 0.2) is 0 Å². The summed E-state index contributed by atoms with van der Waals surface area (Å²) >= 11 is 0. The second-order valence-electron chi connectivity index (χ2n) is 4.45. The van der Waals surface area contributed by atoms with E-state index in [2.05, 4.69) is 9.97 Å². The highest BCUT2D eigenvalue weighted by Gasteiger charge is 2.16.